The average Bonchev–Trinajstić information content (AvgIpc) is 2.21. The molecule has 1 rings (SSSR count). The van der Waals surface area contributed by atoms with Gasteiger partial charge in [-0.05, 0) is 24.6 Å². The van der Waals surface area contributed by atoms with E-state index in [1.807, 2.05) is 0 Å². The number of aryl methyl sites for hydroxylation is 1. The quantitative estimate of drug-likeness (QED) is 0.818. The van der Waals surface area contributed by atoms with E-state index in [4.69, 9.17) is 0 Å². The number of rotatable bonds is 2. The number of halogens is 6. The van der Waals surface area contributed by atoms with Gasteiger partial charge in [0.05, 0.1) is 0 Å². The Morgan fingerprint density at radius 1 is 1.22 bits per heavy atom. The third kappa shape index (κ3) is 2.98. The predicted octanol–water partition coefficient (Wildman–Crippen LogP) is 3.89. The molecule has 1 aromatic carbocycles. The molecule has 1 amide bonds. The van der Waals surface area contributed by atoms with Crippen LogP contribution >= 0.6 is 15.9 Å². The van der Waals surface area contributed by atoms with E-state index in [-0.39, 0.29) is 5.69 Å². The van der Waals surface area contributed by atoms with E-state index >= 15 is 0 Å². The molecular weight excluding hydrogens is 325 g/mol. The van der Waals surface area contributed by atoms with Crippen molar-refractivity contribution in [3.63, 3.8) is 0 Å². The second kappa shape index (κ2) is 4.83. The molecule has 2 nitrogen and oxygen atoms in total. The lowest BCUT2D eigenvalue weighted by molar-refractivity contribution is -0.267. The minimum Gasteiger partial charge on any atom is -0.320 e. The molecule has 0 aromatic heterocycles. The molecule has 0 heterocycles. The lowest BCUT2D eigenvalue weighted by atomic mass is 10.2. The van der Waals surface area contributed by atoms with Crippen LogP contribution in [-0.4, -0.2) is 18.0 Å². The standard InChI is InChI=1S/C10H7BrF5NO/c1-5-2-3-6(4-7(5)11)17-8(18)9(12,13)10(14,15)16/h2-4H,1H3,(H,17,18). The van der Waals surface area contributed by atoms with Crippen molar-refractivity contribution in [2.45, 2.75) is 19.0 Å². The molecule has 0 bridgehead atoms. The fraction of sp³-hybridized carbons (Fsp3) is 0.300. The van der Waals surface area contributed by atoms with Crippen LogP contribution in [0.2, 0.25) is 0 Å². The van der Waals surface area contributed by atoms with Gasteiger partial charge in [0.15, 0.2) is 0 Å². The van der Waals surface area contributed by atoms with Crippen LogP contribution in [0.5, 0.6) is 0 Å². The van der Waals surface area contributed by atoms with E-state index in [2.05, 4.69) is 15.9 Å². The summed E-state index contributed by atoms with van der Waals surface area (Å²) in [4.78, 5) is 10.9. The Morgan fingerprint density at radius 3 is 2.22 bits per heavy atom. The summed E-state index contributed by atoms with van der Waals surface area (Å²) in [7, 11) is 0. The van der Waals surface area contributed by atoms with Gasteiger partial charge in [0.1, 0.15) is 0 Å². The van der Waals surface area contributed by atoms with Crippen molar-refractivity contribution in [3.05, 3.63) is 28.2 Å². The van der Waals surface area contributed by atoms with Crippen LogP contribution in [-0.2, 0) is 4.79 Å². The summed E-state index contributed by atoms with van der Waals surface area (Å²) in [5.41, 5.74) is 0.594. The first kappa shape index (κ1) is 14.9. The second-order valence-electron chi connectivity index (χ2n) is 3.49. The van der Waals surface area contributed by atoms with Crippen molar-refractivity contribution in [1.29, 1.82) is 0 Å². The van der Waals surface area contributed by atoms with Gasteiger partial charge in [0.2, 0.25) is 0 Å². The Kier molecular flexibility index (Phi) is 3.99. The number of carbonyl (C=O) groups is 1. The van der Waals surface area contributed by atoms with Gasteiger partial charge in [-0.15, -0.1) is 0 Å². The summed E-state index contributed by atoms with van der Waals surface area (Å²) < 4.78 is 61.5. The van der Waals surface area contributed by atoms with E-state index in [1.54, 1.807) is 6.92 Å². The highest BCUT2D eigenvalue weighted by Gasteiger charge is 2.63. The number of amides is 1. The van der Waals surface area contributed by atoms with Crippen LogP contribution in [0.4, 0.5) is 27.6 Å². The van der Waals surface area contributed by atoms with E-state index < -0.39 is 18.0 Å². The summed E-state index contributed by atoms with van der Waals surface area (Å²) in [5, 5.41) is 1.52. The van der Waals surface area contributed by atoms with Gasteiger partial charge >= 0.3 is 18.0 Å². The Balaban J connectivity index is 2.91. The predicted molar refractivity (Wildman–Crippen MR) is 58.5 cm³/mol. The number of anilines is 1. The highest BCUT2D eigenvalue weighted by molar-refractivity contribution is 9.10. The van der Waals surface area contributed by atoms with Crippen molar-refractivity contribution in [3.8, 4) is 0 Å². The van der Waals surface area contributed by atoms with E-state index in [9.17, 15) is 26.7 Å². The number of hydrogen-bond donors (Lipinski definition) is 1. The maximum atomic E-state index is 12.6. The molecule has 0 radical (unpaired) electrons. The van der Waals surface area contributed by atoms with Gasteiger partial charge in [-0.3, -0.25) is 4.79 Å². The molecule has 0 atom stereocenters. The van der Waals surface area contributed by atoms with Gasteiger partial charge in [0, 0.05) is 10.2 Å². The number of carbonyl (C=O) groups excluding carboxylic acids is 1. The van der Waals surface area contributed by atoms with Gasteiger partial charge in [-0.2, -0.15) is 22.0 Å². The molecular formula is C10H7BrF5NO. The molecule has 0 aliphatic carbocycles. The Bertz CT molecular complexity index is 472. The lowest BCUT2D eigenvalue weighted by Gasteiger charge is -2.18. The molecule has 18 heavy (non-hydrogen) atoms. The van der Waals surface area contributed by atoms with E-state index in [1.165, 1.54) is 23.5 Å². The molecule has 1 N–H and O–H groups in total. The Morgan fingerprint density at radius 2 is 1.78 bits per heavy atom. The second-order valence-corrected chi connectivity index (χ2v) is 4.34. The molecule has 0 aliphatic rings. The fourth-order valence-corrected chi connectivity index (χ4v) is 1.39. The summed E-state index contributed by atoms with van der Waals surface area (Å²) in [6, 6.07) is 3.93. The highest BCUT2D eigenvalue weighted by atomic mass is 79.9. The number of benzene rings is 1. The van der Waals surface area contributed by atoms with Crippen molar-refractivity contribution in [2.24, 2.45) is 0 Å². The molecule has 0 unspecified atom stereocenters. The summed E-state index contributed by atoms with van der Waals surface area (Å²) in [6.07, 6.45) is -5.92. The van der Waals surface area contributed by atoms with Crippen molar-refractivity contribution >= 4 is 27.5 Å². The first-order valence-electron chi connectivity index (χ1n) is 4.58. The van der Waals surface area contributed by atoms with Crippen LogP contribution in [0.3, 0.4) is 0 Å². The molecule has 0 aliphatic heterocycles. The normalized spacial score (nSPS) is 12.4. The van der Waals surface area contributed by atoms with E-state index in [0.29, 0.717) is 4.47 Å². The first-order chi connectivity index (χ1) is 8.05. The number of alkyl halides is 5. The molecule has 0 saturated carbocycles. The highest BCUT2D eigenvalue weighted by Crippen LogP contribution is 2.36. The molecule has 0 spiro atoms. The summed E-state index contributed by atoms with van der Waals surface area (Å²) in [6.45, 7) is 1.69. The minimum absolute atomic E-state index is 0.151. The summed E-state index contributed by atoms with van der Waals surface area (Å²) in [5.74, 6) is -7.84. The maximum absolute atomic E-state index is 12.6. The molecule has 0 saturated heterocycles. The van der Waals surface area contributed by atoms with Crippen LogP contribution < -0.4 is 5.32 Å². The van der Waals surface area contributed by atoms with Gasteiger partial charge < -0.3 is 5.32 Å². The first-order valence-corrected chi connectivity index (χ1v) is 5.37. The minimum atomic E-state index is -5.92. The summed E-state index contributed by atoms with van der Waals surface area (Å²) >= 11 is 3.06. The monoisotopic (exact) mass is 331 g/mol. The van der Waals surface area contributed by atoms with Crippen molar-refractivity contribution in [1.82, 2.24) is 0 Å². The van der Waals surface area contributed by atoms with Crippen LogP contribution in [0.15, 0.2) is 22.7 Å². The fourth-order valence-electron chi connectivity index (χ4n) is 1.01. The van der Waals surface area contributed by atoms with Crippen LogP contribution in [0.1, 0.15) is 5.56 Å². The zero-order valence-corrected chi connectivity index (χ0v) is 10.5. The van der Waals surface area contributed by atoms with Crippen molar-refractivity contribution < 1.29 is 26.7 Å². The molecule has 1 aromatic rings. The van der Waals surface area contributed by atoms with Gasteiger partial charge in [0.25, 0.3) is 0 Å². The molecule has 0 fully saturated rings. The Labute approximate surface area is 107 Å². The average molecular weight is 332 g/mol. The lowest BCUT2D eigenvalue weighted by Crippen LogP contribution is -2.47. The molecule has 8 heteroatoms. The number of hydrogen-bond acceptors (Lipinski definition) is 1. The third-order valence-corrected chi connectivity index (χ3v) is 2.93. The third-order valence-electron chi connectivity index (χ3n) is 2.07. The zero-order valence-electron chi connectivity index (χ0n) is 8.91. The maximum Gasteiger partial charge on any atom is 0.463 e. The smallest absolute Gasteiger partial charge is 0.320 e. The zero-order chi connectivity index (χ0) is 14.1. The SMILES string of the molecule is Cc1ccc(NC(=O)C(F)(F)C(F)(F)F)cc1Br. The molecule has 100 valence electrons. The Hall–Kier alpha value is -1.18. The van der Waals surface area contributed by atoms with Gasteiger partial charge in [-0.25, -0.2) is 0 Å². The van der Waals surface area contributed by atoms with Gasteiger partial charge in [-0.1, -0.05) is 22.0 Å². The largest absolute Gasteiger partial charge is 0.463 e. The topological polar surface area (TPSA) is 29.1 Å². The van der Waals surface area contributed by atoms with Crippen molar-refractivity contribution in [2.75, 3.05) is 5.32 Å². The van der Waals surface area contributed by atoms with Crippen LogP contribution in [0.25, 0.3) is 0 Å². The van der Waals surface area contributed by atoms with E-state index in [0.717, 1.165) is 5.56 Å². The van der Waals surface area contributed by atoms with Crippen LogP contribution in [0, 0.1) is 6.92 Å². The number of nitrogens with one attached hydrogen (secondary N) is 1.